The molecule has 1 aliphatic carbocycles. The van der Waals surface area contributed by atoms with E-state index in [0.29, 0.717) is 23.8 Å². The van der Waals surface area contributed by atoms with Gasteiger partial charge in [-0.3, -0.25) is 24.0 Å². The van der Waals surface area contributed by atoms with E-state index in [2.05, 4.69) is 11.9 Å². The minimum atomic E-state index is -0.667. The Morgan fingerprint density at radius 3 is 2.90 bits per heavy atom. The molecule has 0 aliphatic heterocycles. The average Bonchev–Trinajstić information content (AvgIpc) is 3.10. The van der Waals surface area contributed by atoms with Crippen molar-refractivity contribution in [2.75, 3.05) is 30.9 Å². The molecule has 29 heavy (non-hydrogen) atoms. The van der Waals surface area contributed by atoms with Gasteiger partial charge in [0, 0.05) is 25.1 Å². The van der Waals surface area contributed by atoms with Gasteiger partial charge in [-0.05, 0) is 43.2 Å². The Labute approximate surface area is 173 Å². The van der Waals surface area contributed by atoms with Crippen molar-refractivity contribution >= 4 is 28.7 Å². The molecule has 0 fully saturated rings. The van der Waals surface area contributed by atoms with Gasteiger partial charge in [0.05, 0.1) is 11.5 Å². The minimum absolute atomic E-state index is 0.00000488. The van der Waals surface area contributed by atoms with Gasteiger partial charge in [0.15, 0.2) is 5.69 Å². The number of amides is 1. The standard InChI is InChI=1S/C20H28N4O4S/c1-4-7-24-17(21)16(18(25)22-20(24)27)23(8-9-28-3)19(26)15-11-13-10-12(2)5-6-14(13)29-15/h11-12H,4-10,21H2,1-3H3,(H,22,25,27). The van der Waals surface area contributed by atoms with Crippen molar-refractivity contribution in [3.05, 3.63) is 42.2 Å². The summed E-state index contributed by atoms with van der Waals surface area (Å²) in [5, 5.41) is 0. The van der Waals surface area contributed by atoms with Gasteiger partial charge in [-0.2, -0.15) is 0 Å². The number of hydrogen-bond donors (Lipinski definition) is 2. The normalized spacial score (nSPS) is 15.9. The fourth-order valence-electron chi connectivity index (χ4n) is 3.73. The topological polar surface area (TPSA) is 110 Å². The van der Waals surface area contributed by atoms with Crippen molar-refractivity contribution in [2.24, 2.45) is 5.92 Å². The summed E-state index contributed by atoms with van der Waals surface area (Å²) in [5.41, 5.74) is 6.16. The molecule has 1 atom stereocenters. The van der Waals surface area contributed by atoms with Crippen LogP contribution >= 0.6 is 11.3 Å². The predicted molar refractivity (Wildman–Crippen MR) is 115 cm³/mol. The number of H-pyrrole nitrogens is 1. The number of nitrogen functional groups attached to an aromatic ring is 1. The van der Waals surface area contributed by atoms with Crippen LogP contribution in [0.5, 0.6) is 0 Å². The third kappa shape index (κ3) is 4.30. The van der Waals surface area contributed by atoms with Gasteiger partial charge < -0.3 is 10.5 Å². The zero-order chi connectivity index (χ0) is 21.1. The fourth-order valence-corrected chi connectivity index (χ4v) is 4.88. The third-order valence-corrected chi connectivity index (χ3v) is 6.46. The van der Waals surface area contributed by atoms with E-state index >= 15 is 0 Å². The number of fused-ring (bicyclic) bond motifs is 1. The van der Waals surface area contributed by atoms with Crippen molar-refractivity contribution in [1.29, 1.82) is 0 Å². The van der Waals surface area contributed by atoms with Crippen LogP contribution in [-0.4, -0.2) is 35.7 Å². The van der Waals surface area contributed by atoms with Crippen molar-refractivity contribution in [3.63, 3.8) is 0 Å². The minimum Gasteiger partial charge on any atom is -0.383 e. The highest BCUT2D eigenvalue weighted by Crippen LogP contribution is 2.33. The van der Waals surface area contributed by atoms with Gasteiger partial charge in [0.1, 0.15) is 5.82 Å². The summed E-state index contributed by atoms with van der Waals surface area (Å²) < 4.78 is 6.44. The van der Waals surface area contributed by atoms with Crippen molar-refractivity contribution in [1.82, 2.24) is 9.55 Å². The summed E-state index contributed by atoms with van der Waals surface area (Å²) in [6.07, 6.45) is 3.71. The molecule has 0 aromatic carbocycles. The number of nitrogens with two attached hydrogens (primary N) is 1. The first-order chi connectivity index (χ1) is 13.9. The molecule has 0 saturated carbocycles. The van der Waals surface area contributed by atoms with Crippen molar-refractivity contribution in [2.45, 2.75) is 46.1 Å². The van der Waals surface area contributed by atoms with Gasteiger partial charge >= 0.3 is 5.69 Å². The van der Waals surface area contributed by atoms with E-state index in [1.807, 2.05) is 13.0 Å². The molecule has 2 heterocycles. The summed E-state index contributed by atoms with van der Waals surface area (Å²) in [7, 11) is 1.53. The van der Waals surface area contributed by atoms with Gasteiger partial charge in [0.25, 0.3) is 11.5 Å². The first kappa shape index (κ1) is 21.3. The summed E-state index contributed by atoms with van der Waals surface area (Å²) in [6.45, 7) is 4.86. The summed E-state index contributed by atoms with van der Waals surface area (Å²) >= 11 is 1.48. The number of carbonyl (C=O) groups excluding carboxylic acids is 1. The van der Waals surface area contributed by atoms with Gasteiger partial charge in [-0.25, -0.2) is 4.79 Å². The van der Waals surface area contributed by atoms with E-state index in [1.165, 1.54) is 38.4 Å². The number of rotatable bonds is 7. The molecule has 1 aliphatic rings. The molecule has 158 valence electrons. The number of thiophene rings is 1. The van der Waals surface area contributed by atoms with Crippen LogP contribution in [0.4, 0.5) is 11.5 Å². The zero-order valence-electron chi connectivity index (χ0n) is 17.1. The Morgan fingerprint density at radius 2 is 2.21 bits per heavy atom. The van der Waals surface area contributed by atoms with Crippen LogP contribution in [0.15, 0.2) is 15.7 Å². The van der Waals surface area contributed by atoms with Crippen molar-refractivity contribution in [3.8, 4) is 0 Å². The molecule has 3 rings (SSSR count). The maximum absolute atomic E-state index is 13.4. The number of nitrogens with zero attached hydrogens (tertiary/aromatic N) is 2. The van der Waals surface area contributed by atoms with E-state index in [9.17, 15) is 14.4 Å². The molecule has 0 bridgehead atoms. The Kier molecular flexibility index (Phi) is 6.59. The number of anilines is 2. The van der Waals surface area contributed by atoms with Gasteiger partial charge in [0.2, 0.25) is 0 Å². The van der Waals surface area contributed by atoms with E-state index in [-0.39, 0.29) is 30.6 Å². The lowest BCUT2D eigenvalue weighted by Crippen LogP contribution is -2.42. The number of carbonyl (C=O) groups is 1. The second kappa shape index (κ2) is 8.96. The highest BCUT2D eigenvalue weighted by Gasteiger charge is 2.28. The summed E-state index contributed by atoms with van der Waals surface area (Å²) in [5.74, 6) is 0.300. The Morgan fingerprint density at radius 1 is 1.45 bits per heavy atom. The van der Waals surface area contributed by atoms with Gasteiger partial charge in [-0.1, -0.05) is 13.8 Å². The molecule has 2 aromatic rings. The van der Waals surface area contributed by atoms with Crippen LogP contribution in [0.25, 0.3) is 0 Å². The second-order valence-electron chi connectivity index (χ2n) is 7.50. The number of methoxy groups -OCH3 is 1. The van der Waals surface area contributed by atoms with E-state index in [4.69, 9.17) is 10.5 Å². The number of ether oxygens (including phenoxy) is 1. The molecule has 0 saturated heterocycles. The predicted octanol–water partition coefficient (Wildman–Crippen LogP) is 2.01. The van der Waals surface area contributed by atoms with Crippen LogP contribution in [0, 0.1) is 5.92 Å². The Bertz CT molecular complexity index is 1010. The molecular formula is C20H28N4O4S. The highest BCUT2D eigenvalue weighted by atomic mass is 32.1. The van der Waals surface area contributed by atoms with Gasteiger partial charge in [-0.15, -0.1) is 11.3 Å². The number of aryl methyl sites for hydroxylation is 1. The maximum atomic E-state index is 13.4. The Hall–Kier alpha value is -2.39. The van der Waals surface area contributed by atoms with E-state index < -0.39 is 11.2 Å². The molecule has 9 heteroatoms. The number of aromatic amines is 1. The van der Waals surface area contributed by atoms with Crippen LogP contribution < -0.4 is 21.9 Å². The fraction of sp³-hybridized carbons (Fsp3) is 0.550. The number of hydrogen-bond acceptors (Lipinski definition) is 6. The lowest BCUT2D eigenvalue weighted by Gasteiger charge is -2.23. The van der Waals surface area contributed by atoms with Crippen LogP contribution in [0.1, 0.15) is 46.8 Å². The lowest BCUT2D eigenvalue weighted by molar-refractivity contribution is 0.0979. The van der Waals surface area contributed by atoms with Crippen molar-refractivity contribution < 1.29 is 9.53 Å². The zero-order valence-corrected chi connectivity index (χ0v) is 17.9. The SMILES string of the molecule is CCCn1c(N)c(N(CCOC)C(=O)c2cc3c(s2)CCC(C)C3)c(=O)[nH]c1=O. The number of aromatic nitrogens is 2. The summed E-state index contributed by atoms with van der Waals surface area (Å²) in [4.78, 5) is 43.6. The number of nitrogens with one attached hydrogen (secondary N) is 1. The molecule has 3 N–H and O–H groups in total. The van der Waals surface area contributed by atoms with E-state index in [0.717, 1.165) is 19.3 Å². The largest absolute Gasteiger partial charge is 0.383 e. The summed E-state index contributed by atoms with van der Waals surface area (Å²) in [6, 6.07) is 1.93. The Balaban J connectivity index is 2.05. The lowest BCUT2D eigenvalue weighted by atomic mass is 9.90. The molecule has 2 aromatic heterocycles. The first-order valence-corrected chi connectivity index (χ1v) is 10.7. The van der Waals surface area contributed by atoms with Crippen LogP contribution in [0.2, 0.25) is 0 Å². The maximum Gasteiger partial charge on any atom is 0.330 e. The smallest absolute Gasteiger partial charge is 0.330 e. The molecule has 0 spiro atoms. The second-order valence-corrected chi connectivity index (χ2v) is 8.64. The van der Waals surface area contributed by atoms with Crippen LogP contribution in [0.3, 0.4) is 0 Å². The average molecular weight is 421 g/mol. The molecule has 8 nitrogen and oxygen atoms in total. The monoisotopic (exact) mass is 420 g/mol. The molecule has 1 unspecified atom stereocenters. The molecular weight excluding hydrogens is 392 g/mol. The van der Waals surface area contributed by atoms with Crippen LogP contribution in [-0.2, 0) is 24.1 Å². The molecule has 1 amide bonds. The highest BCUT2D eigenvalue weighted by molar-refractivity contribution is 7.14. The van der Waals surface area contributed by atoms with E-state index in [1.54, 1.807) is 0 Å². The first-order valence-electron chi connectivity index (χ1n) is 9.92. The molecule has 0 radical (unpaired) electrons. The quantitative estimate of drug-likeness (QED) is 0.712. The third-order valence-electron chi connectivity index (χ3n) is 5.24.